The smallest absolute Gasteiger partial charge is 0.329 e. The molecule has 0 aromatic rings. The topological polar surface area (TPSA) is 57.6 Å². The lowest BCUT2D eigenvalue weighted by molar-refractivity contribution is -0.154. The molecule has 0 saturated carbocycles. The van der Waals surface area contributed by atoms with Gasteiger partial charge in [-0.1, -0.05) is 0 Å². The van der Waals surface area contributed by atoms with Gasteiger partial charge in [0.15, 0.2) is 0 Å². The highest BCUT2D eigenvalue weighted by atomic mass is 16.4. The highest BCUT2D eigenvalue weighted by Crippen LogP contribution is 2.11. The van der Waals surface area contributed by atoms with Crippen LogP contribution in [0, 0.1) is 0 Å². The minimum atomic E-state index is -1.12. The Labute approximate surface area is 65.8 Å². The van der Waals surface area contributed by atoms with E-state index in [1.54, 1.807) is 0 Å². The fourth-order valence-corrected chi connectivity index (χ4v) is 0.537. The minimum absolute atomic E-state index is 0.252. The van der Waals surface area contributed by atoms with Gasteiger partial charge in [0.25, 0.3) is 0 Å². The first-order valence-corrected chi connectivity index (χ1v) is 3.28. The van der Waals surface area contributed by atoms with E-state index in [1.165, 1.54) is 32.7 Å². The molecule has 4 heteroatoms. The van der Waals surface area contributed by atoms with Gasteiger partial charge in [-0.15, -0.1) is 0 Å². The van der Waals surface area contributed by atoms with Crippen LogP contribution in [0.25, 0.3) is 0 Å². The molecule has 0 heterocycles. The summed E-state index contributed by atoms with van der Waals surface area (Å²) < 4.78 is 0. The van der Waals surface area contributed by atoms with Crippen LogP contribution in [0.4, 0.5) is 0 Å². The molecule has 0 aliphatic carbocycles. The normalized spacial score (nSPS) is 10.9. The van der Waals surface area contributed by atoms with Gasteiger partial charge in [0, 0.05) is 14.0 Å². The zero-order valence-electron chi connectivity index (χ0n) is 7.21. The van der Waals surface area contributed by atoms with Crippen molar-refractivity contribution in [3.8, 4) is 0 Å². The van der Waals surface area contributed by atoms with E-state index in [2.05, 4.69) is 0 Å². The molecule has 0 aliphatic heterocycles. The van der Waals surface area contributed by atoms with Gasteiger partial charge in [-0.05, 0) is 13.8 Å². The van der Waals surface area contributed by atoms with Crippen molar-refractivity contribution in [3.63, 3.8) is 0 Å². The molecule has 0 rings (SSSR count). The number of carboxylic acid groups (broad SMARTS) is 1. The van der Waals surface area contributed by atoms with Crippen LogP contribution in [0.3, 0.4) is 0 Å². The molecule has 0 aliphatic rings. The molecule has 0 unspecified atom stereocenters. The average Bonchev–Trinajstić information content (AvgIpc) is 1.85. The van der Waals surface area contributed by atoms with Crippen molar-refractivity contribution in [2.45, 2.75) is 26.3 Å². The Bertz CT molecular complexity index is 186. The summed E-state index contributed by atoms with van der Waals surface area (Å²) >= 11 is 0. The maximum atomic E-state index is 10.8. The molecule has 64 valence electrons. The lowest BCUT2D eigenvalue weighted by atomic mass is 10.0. The predicted molar refractivity (Wildman–Crippen MR) is 40.2 cm³/mol. The first-order chi connectivity index (χ1) is 4.80. The van der Waals surface area contributed by atoms with Crippen molar-refractivity contribution in [1.29, 1.82) is 0 Å². The number of likely N-dealkylation sites (N-methyl/N-ethyl adjacent to an activating group) is 1. The number of nitrogens with zero attached hydrogens (tertiary/aromatic N) is 1. The Morgan fingerprint density at radius 2 is 1.73 bits per heavy atom. The molecule has 0 aromatic heterocycles. The summed E-state index contributed by atoms with van der Waals surface area (Å²) in [4.78, 5) is 22.5. The number of carboxylic acids is 1. The molecule has 0 aromatic carbocycles. The van der Waals surface area contributed by atoms with Gasteiger partial charge in [-0.2, -0.15) is 0 Å². The standard InChI is InChI=1S/C7H13NO3/c1-5(9)8(4)7(2,3)6(10)11/h1-4H3,(H,10,11). The van der Waals surface area contributed by atoms with Crippen LogP contribution in [-0.4, -0.2) is 34.5 Å². The zero-order chi connectivity index (χ0) is 9.23. The second-order valence-corrected chi connectivity index (χ2v) is 2.94. The zero-order valence-corrected chi connectivity index (χ0v) is 7.21. The lowest BCUT2D eigenvalue weighted by Gasteiger charge is -2.30. The largest absolute Gasteiger partial charge is 0.480 e. The highest BCUT2D eigenvalue weighted by Gasteiger charge is 2.33. The third kappa shape index (κ3) is 1.93. The number of rotatable bonds is 2. The summed E-state index contributed by atoms with van der Waals surface area (Å²) in [5.41, 5.74) is -1.12. The monoisotopic (exact) mass is 159 g/mol. The molecular weight excluding hydrogens is 146 g/mol. The first-order valence-electron chi connectivity index (χ1n) is 3.28. The fourth-order valence-electron chi connectivity index (χ4n) is 0.537. The van der Waals surface area contributed by atoms with Crippen LogP contribution in [0.1, 0.15) is 20.8 Å². The molecule has 0 fully saturated rings. The molecule has 0 saturated heterocycles. The van der Waals surface area contributed by atoms with Crippen LogP contribution < -0.4 is 0 Å². The summed E-state index contributed by atoms with van der Waals surface area (Å²) in [6.45, 7) is 4.30. The molecule has 1 N–H and O–H groups in total. The Kier molecular flexibility index (Phi) is 2.62. The molecule has 0 radical (unpaired) electrons. The second kappa shape index (κ2) is 2.90. The van der Waals surface area contributed by atoms with Crippen molar-refractivity contribution in [2.75, 3.05) is 7.05 Å². The van der Waals surface area contributed by atoms with Crippen LogP contribution >= 0.6 is 0 Å². The molecule has 0 bridgehead atoms. The average molecular weight is 159 g/mol. The minimum Gasteiger partial charge on any atom is -0.480 e. The molecule has 0 atom stereocenters. The van der Waals surface area contributed by atoms with E-state index in [-0.39, 0.29) is 5.91 Å². The van der Waals surface area contributed by atoms with E-state index in [4.69, 9.17) is 5.11 Å². The number of amides is 1. The Morgan fingerprint density at radius 1 is 1.36 bits per heavy atom. The van der Waals surface area contributed by atoms with E-state index < -0.39 is 11.5 Å². The van der Waals surface area contributed by atoms with Crippen LogP contribution in [0.15, 0.2) is 0 Å². The van der Waals surface area contributed by atoms with E-state index in [0.29, 0.717) is 0 Å². The molecule has 0 spiro atoms. The number of carbonyl (C=O) groups excluding carboxylic acids is 1. The molecular formula is C7H13NO3. The van der Waals surface area contributed by atoms with Gasteiger partial charge in [0.2, 0.25) is 5.91 Å². The van der Waals surface area contributed by atoms with E-state index in [9.17, 15) is 9.59 Å². The van der Waals surface area contributed by atoms with E-state index in [0.717, 1.165) is 0 Å². The maximum absolute atomic E-state index is 10.8. The predicted octanol–water partition coefficient (Wildman–Crippen LogP) is 0.328. The number of aliphatic carboxylic acids is 1. The number of carbonyl (C=O) groups is 2. The number of hydrogen-bond acceptors (Lipinski definition) is 2. The van der Waals surface area contributed by atoms with Gasteiger partial charge >= 0.3 is 5.97 Å². The third-order valence-corrected chi connectivity index (χ3v) is 1.83. The van der Waals surface area contributed by atoms with Crippen LogP contribution in [0.5, 0.6) is 0 Å². The van der Waals surface area contributed by atoms with Crippen molar-refractivity contribution in [1.82, 2.24) is 4.90 Å². The highest BCUT2D eigenvalue weighted by molar-refractivity contribution is 5.84. The molecule has 11 heavy (non-hydrogen) atoms. The Hall–Kier alpha value is -1.06. The van der Waals surface area contributed by atoms with Gasteiger partial charge in [0.05, 0.1) is 0 Å². The van der Waals surface area contributed by atoms with Gasteiger partial charge in [-0.3, -0.25) is 4.79 Å². The SMILES string of the molecule is CC(=O)N(C)C(C)(C)C(=O)O. The number of hydrogen-bond donors (Lipinski definition) is 1. The van der Waals surface area contributed by atoms with Crippen LogP contribution in [-0.2, 0) is 9.59 Å². The quantitative estimate of drug-likeness (QED) is 0.631. The van der Waals surface area contributed by atoms with Gasteiger partial charge in [-0.25, -0.2) is 4.79 Å². The summed E-state index contributed by atoms with van der Waals surface area (Å²) in [7, 11) is 1.47. The lowest BCUT2D eigenvalue weighted by Crippen LogP contribution is -2.49. The maximum Gasteiger partial charge on any atom is 0.329 e. The fraction of sp³-hybridized carbons (Fsp3) is 0.714. The Balaban J connectivity index is 4.55. The van der Waals surface area contributed by atoms with Crippen LogP contribution in [0.2, 0.25) is 0 Å². The third-order valence-electron chi connectivity index (χ3n) is 1.83. The molecule has 4 nitrogen and oxygen atoms in total. The van der Waals surface area contributed by atoms with Gasteiger partial charge < -0.3 is 10.0 Å². The molecule has 1 amide bonds. The summed E-state index contributed by atoms with van der Waals surface area (Å²) in [5.74, 6) is -1.26. The summed E-state index contributed by atoms with van der Waals surface area (Å²) in [6.07, 6.45) is 0. The summed E-state index contributed by atoms with van der Waals surface area (Å²) in [5, 5.41) is 8.67. The Morgan fingerprint density at radius 3 is 1.82 bits per heavy atom. The van der Waals surface area contributed by atoms with Crippen molar-refractivity contribution >= 4 is 11.9 Å². The van der Waals surface area contributed by atoms with E-state index in [1.807, 2.05) is 0 Å². The first kappa shape index (κ1) is 9.94. The second-order valence-electron chi connectivity index (χ2n) is 2.94. The van der Waals surface area contributed by atoms with Crippen molar-refractivity contribution < 1.29 is 14.7 Å². The van der Waals surface area contributed by atoms with Crippen molar-refractivity contribution in [2.24, 2.45) is 0 Å². The summed E-state index contributed by atoms with van der Waals surface area (Å²) in [6, 6.07) is 0. The van der Waals surface area contributed by atoms with Crippen molar-refractivity contribution in [3.05, 3.63) is 0 Å². The van der Waals surface area contributed by atoms with Gasteiger partial charge in [0.1, 0.15) is 5.54 Å². The van der Waals surface area contributed by atoms with E-state index >= 15 is 0 Å².